The topological polar surface area (TPSA) is 69.0 Å². The number of para-hydroxylation sites is 2. The molecule has 0 saturated heterocycles. The van der Waals surface area contributed by atoms with Crippen LogP contribution in [0, 0.1) is 0 Å². The van der Waals surface area contributed by atoms with E-state index in [1.54, 1.807) is 0 Å². The molecular formula is C40H36N4O2. The van der Waals surface area contributed by atoms with E-state index in [0.717, 1.165) is 81.5 Å². The average molecular weight is 605 g/mol. The van der Waals surface area contributed by atoms with Crippen molar-refractivity contribution in [3.63, 3.8) is 0 Å². The van der Waals surface area contributed by atoms with Gasteiger partial charge in [0.15, 0.2) is 0 Å². The van der Waals surface area contributed by atoms with Gasteiger partial charge in [-0.2, -0.15) is 0 Å². The quantitative estimate of drug-likeness (QED) is 0.147. The van der Waals surface area contributed by atoms with Gasteiger partial charge < -0.3 is 9.47 Å². The lowest BCUT2D eigenvalue weighted by Crippen LogP contribution is -2.27. The van der Waals surface area contributed by atoms with Crippen molar-refractivity contribution in [2.75, 3.05) is 0 Å². The predicted octanol–water partition coefficient (Wildman–Crippen LogP) is 8.79. The fourth-order valence-electron chi connectivity index (χ4n) is 5.90. The highest BCUT2D eigenvalue weighted by atomic mass is 16.5. The maximum absolute atomic E-state index is 6.17. The molecule has 0 aliphatic heterocycles. The van der Waals surface area contributed by atoms with Crippen LogP contribution in [0.2, 0.25) is 0 Å². The van der Waals surface area contributed by atoms with Gasteiger partial charge in [-0.15, -0.1) is 0 Å². The molecule has 6 nitrogen and oxygen atoms in total. The first-order valence-electron chi connectivity index (χ1n) is 16.0. The molecule has 6 aromatic rings. The van der Waals surface area contributed by atoms with Gasteiger partial charge in [-0.3, -0.25) is 9.98 Å². The predicted molar refractivity (Wildman–Crippen MR) is 186 cm³/mol. The zero-order valence-corrected chi connectivity index (χ0v) is 25.7. The lowest BCUT2D eigenvalue weighted by Gasteiger charge is -2.25. The van der Waals surface area contributed by atoms with Gasteiger partial charge in [0.2, 0.25) is 0 Å². The van der Waals surface area contributed by atoms with E-state index in [4.69, 9.17) is 29.4 Å². The minimum absolute atomic E-state index is 0.0947. The molecule has 0 N–H and O–H groups in total. The third-order valence-electron chi connectivity index (χ3n) is 8.37. The van der Waals surface area contributed by atoms with E-state index < -0.39 is 0 Å². The lowest BCUT2D eigenvalue weighted by molar-refractivity contribution is 0.309. The molecule has 1 saturated carbocycles. The van der Waals surface area contributed by atoms with E-state index in [0.29, 0.717) is 13.2 Å². The summed E-state index contributed by atoms with van der Waals surface area (Å²) in [6, 6.07) is 40.8. The molecule has 0 amide bonds. The van der Waals surface area contributed by atoms with Crippen LogP contribution in [-0.2, 0) is 13.2 Å². The van der Waals surface area contributed by atoms with Crippen LogP contribution < -0.4 is 9.47 Å². The number of ether oxygens (including phenoxy) is 2. The van der Waals surface area contributed by atoms with E-state index in [-0.39, 0.29) is 12.1 Å². The Labute approximate surface area is 269 Å². The maximum Gasteiger partial charge on any atom is 0.146 e. The summed E-state index contributed by atoms with van der Waals surface area (Å²) in [5, 5.41) is 2.08. The van der Waals surface area contributed by atoms with Crippen LogP contribution in [0.4, 0.5) is 0 Å². The van der Waals surface area contributed by atoms with Crippen LogP contribution in [0.15, 0.2) is 131 Å². The first-order chi connectivity index (χ1) is 22.8. The first-order valence-corrected chi connectivity index (χ1v) is 16.0. The summed E-state index contributed by atoms with van der Waals surface area (Å²) >= 11 is 0. The minimum Gasteiger partial charge on any atom is -0.487 e. The summed E-state index contributed by atoms with van der Waals surface area (Å²) in [6.45, 7) is 0.992. The van der Waals surface area contributed by atoms with Gasteiger partial charge in [-0.05, 0) is 48.2 Å². The van der Waals surface area contributed by atoms with Crippen molar-refractivity contribution in [1.29, 1.82) is 0 Å². The lowest BCUT2D eigenvalue weighted by atomic mass is 9.91. The number of hydrogen-bond acceptors (Lipinski definition) is 6. The normalized spacial score (nSPS) is 16.8. The molecule has 0 spiro atoms. The Kier molecular flexibility index (Phi) is 9.04. The number of benzene rings is 4. The van der Waals surface area contributed by atoms with Gasteiger partial charge in [-0.25, -0.2) is 9.97 Å². The summed E-state index contributed by atoms with van der Waals surface area (Å²) in [4.78, 5) is 19.9. The molecule has 2 aromatic heterocycles. The van der Waals surface area contributed by atoms with Gasteiger partial charge >= 0.3 is 0 Å². The molecule has 4 aromatic carbocycles. The Bertz CT molecular complexity index is 1830. The molecule has 46 heavy (non-hydrogen) atoms. The zero-order chi connectivity index (χ0) is 31.0. The number of aliphatic imine (C=N–C) groups is 2. The Hall–Kier alpha value is -5.36. The van der Waals surface area contributed by atoms with Crippen LogP contribution >= 0.6 is 0 Å². The average Bonchev–Trinajstić information content (AvgIpc) is 3.12. The van der Waals surface area contributed by atoms with Crippen molar-refractivity contribution in [2.24, 2.45) is 9.98 Å². The highest BCUT2D eigenvalue weighted by Crippen LogP contribution is 2.28. The third-order valence-corrected chi connectivity index (χ3v) is 8.37. The highest BCUT2D eigenvalue weighted by molar-refractivity contribution is 5.90. The smallest absolute Gasteiger partial charge is 0.146 e. The van der Waals surface area contributed by atoms with Gasteiger partial charge in [0.1, 0.15) is 35.7 Å². The van der Waals surface area contributed by atoms with Crippen molar-refractivity contribution in [3.05, 3.63) is 144 Å². The largest absolute Gasteiger partial charge is 0.487 e. The second-order valence-corrected chi connectivity index (χ2v) is 11.7. The van der Waals surface area contributed by atoms with Crippen LogP contribution in [0.25, 0.3) is 21.8 Å². The molecule has 2 heterocycles. The van der Waals surface area contributed by atoms with Crippen LogP contribution in [0.5, 0.6) is 11.5 Å². The van der Waals surface area contributed by atoms with Gasteiger partial charge in [-0.1, -0.05) is 110 Å². The fraction of sp³-hybridized carbons (Fsp3) is 0.200. The number of hydrogen-bond donors (Lipinski definition) is 0. The molecule has 7 rings (SSSR count). The Morgan fingerprint density at radius 2 is 0.978 bits per heavy atom. The number of rotatable bonds is 10. The molecule has 228 valence electrons. The molecule has 1 aliphatic rings. The summed E-state index contributed by atoms with van der Waals surface area (Å²) in [7, 11) is 0. The third kappa shape index (κ3) is 7.13. The number of pyridine rings is 2. The second kappa shape index (κ2) is 14.2. The Morgan fingerprint density at radius 3 is 1.43 bits per heavy atom. The number of nitrogens with zero attached hydrogens (tertiary/aromatic N) is 4. The molecule has 0 radical (unpaired) electrons. The molecule has 2 atom stereocenters. The second-order valence-electron chi connectivity index (χ2n) is 11.7. The minimum atomic E-state index is 0.0947. The molecular weight excluding hydrogens is 568 g/mol. The van der Waals surface area contributed by atoms with Gasteiger partial charge in [0.25, 0.3) is 0 Å². The Morgan fingerprint density at radius 1 is 0.522 bits per heavy atom. The number of aromatic nitrogens is 2. The highest BCUT2D eigenvalue weighted by Gasteiger charge is 2.23. The fourth-order valence-corrected chi connectivity index (χ4v) is 5.90. The van der Waals surface area contributed by atoms with Crippen molar-refractivity contribution in [3.8, 4) is 11.5 Å². The molecule has 1 fully saturated rings. The van der Waals surface area contributed by atoms with E-state index in [1.165, 1.54) is 0 Å². The van der Waals surface area contributed by atoms with Gasteiger partial charge in [0, 0.05) is 23.2 Å². The van der Waals surface area contributed by atoms with Crippen LogP contribution in [0.1, 0.15) is 48.2 Å². The van der Waals surface area contributed by atoms with E-state index in [1.807, 2.05) is 85.2 Å². The maximum atomic E-state index is 6.17. The van der Waals surface area contributed by atoms with E-state index in [2.05, 4.69) is 48.5 Å². The molecule has 1 aliphatic carbocycles. The number of fused-ring (bicyclic) bond motifs is 2. The zero-order valence-electron chi connectivity index (χ0n) is 25.7. The molecule has 0 bridgehead atoms. The van der Waals surface area contributed by atoms with Crippen molar-refractivity contribution >= 4 is 34.2 Å². The molecule has 0 unspecified atom stereocenters. The summed E-state index contributed by atoms with van der Waals surface area (Å²) in [5.41, 5.74) is 5.56. The van der Waals surface area contributed by atoms with Crippen molar-refractivity contribution < 1.29 is 9.47 Å². The Balaban J connectivity index is 1.06. The van der Waals surface area contributed by atoms with E-state index in [9.17, 15) is 0 Å². The van der Waals surface area contributed by atoms with Crippen LogP contribution in [-0.4, -0.2) is 34.5 Å². The summed E-state index contributed by atoms with van der Waals surface area (Å²) in [6.07, 6.45) is 8.09. The molecule has 6 heteroatoms. The standard InChI is InChI=1S/C40H36N4O2/c1-3-11-29(12-4-1)27-45-37-19-9-15-31-21-23-33(43-39(31)37)25-41-35-17-7-8-18-36(35)42-26-34-24-22-32-16-10-20-38(40(32)44-34)46-28-30-13-5-2-6-14-30/h1-6,9-16,19-26,35-36H,7-8,17-18,27-28H2/t35-,36-/m1/s1. The summed E-state index contributed by atoms with van der Waals surface area (Å²) in [5.74, 6) is 1.54. The SMILES string of the molecule is C(=N[C@@H]1CCCC[C@H]1N=Cc1ccc2cccc(OCc3ccccc3)c2n1)c1ccc2cccc(OCc3ccccc3)c2n1. The van der Waals surface area contributed by atoms with Crippen LogP contribution in [0.3, 0.4) is 0 Å². The van der Waals surface area contributed by atoms with Crippen molar-refractivity contribution in [2.45, 2.75) is 51.0 Å². The summed E-state index contributed by atoms with van der Waals surface area (Å²) < 4.78 is 12.3. The first kappa shape index (κ1) is 29.4. The van der Waals surface area contributed by atoms with Crippen molar-refractivity contribution in [1.82, 2.24) is 9.97 Å². The van der Waals surface area contributed by atoms with Gasteiger partial charge in [0.05, 0.1) is 23.5 Å². The monoisotopic (exact) mass is 604 g/mol. The van der Waals surface area contributed by atoms with E-state index >= 15 is 0 Å².